The molecule has 2 aromatic rings. The van der Waals surface area contributed by atoms with Crippen molar-refractivity contribution in [1.29, 1.82) is 0 Å². The molecule has 0 atom stereocenters. The fraction of sp³-hybridized carbons (Fsp3) is 0.273. The van der Waals surface area contributed by atoms with Gasteiger partial charge in [0.2, 0.25) is 5.91 Å². The van der Waals surface area contributed by atoms with E-state index in [1.807, 2.05) is 18.2 Å². The molecule has 5 nitrogen and oxygen atoms in total. The zero-order valence-electron chi connectivity index (χ0n) is 9.31. The SMILES string of the molecule is COc1cccc2c1nc(CCl)n2CC(N)=O. The molecule has 2 N–H and O–H groups in total. The van der Waals surface area contributed by atoms with Gasteiger partial charge < -0.3 is 15.0 Å². The molecule has 2 rings (SSSR count). The first-order valence-electron chi connectivity index (χ1n) is 5.03. The fourth-order valence-corrected chi connectivity index (χ4v) is 1.97. The maximum Gasteiger partial charge on any atom is 0.237 e. The monoisotopic (exact) mass is 253 g/mol. The lowest BCUT2D eigenvalue weighted by atomic mass is 10.3. The van der Waals surface area contributed by atoms with E-state index in [9.17, 15) is 4.79 Å². The van der Waals surface area contributed by atoms with E-state index >= 15 is 0 Å². The van der Waals surface area contributed by atoms with Crippen LogP contribution in [0.4, 0.5) is 0 Å². The van der Waals surface area contributed by atoms with E-state index in [0.717, 1.165) is 5.52 Å². The molecule has 0 fully saturated rings. The molecule has 17 heavy (non-hydrogen) atoms. The maximum atomic E-state index is 11.0. The molecule has 0 bridgehead atoms. The minimum atomic E-state index is -0.432. The third-order valence-electron chi connectivity index (χ3n) is 2.47. The standard InChI is InChI=1S/C11H12ClN3O2/c1-17-8-4-2-3-7-11(8)14-10(5-12)15(7)6-9(13)16/h2-4H,5-6H2,1H3,(H2,13,16). The van der Waals surface area contributed by atoms with Gasteiger partial charge in [0.1, 0.15) is 23.6 Å². The number of benzene rings is 1. The number of aromatic nitrogens is 2. The number of nitrogens with zero attached hydrogens (tertiary/aromatic N) is 2. The first-order valence-corrected chi connectivity index (χ1v) is 5.57. The number of rotatable bonds is 4. The van der Waals surface area contributed by atoms with Crippen molar-refractivity contribution in [2.24, 2.45) is 5.73 Å². The molecule has 0 saturated carbocycles. The smallest absolute Gasteiger partial charge is 0.237 e. The van der Waals surface area contributed by atoms with E-state index in [2.05, 4.69) is 4.98 Å². The number of fused-ring (bicyclic) bond motifs is 1. The van der Waals surface area contributed by atoms with Gasteiger partial charge in [0.25, 0.3) is 0 Å². The maximum absolute atomic E-state index is 11.0. The lowest BCUT2D eigenvalue weighted by molar-refractivity contribution is -0.118. The van der Waals surface area contributed by atoms with Crippen molar-refractivity contribution in [3.8, 4) is 5.75 Å². The second-order valence-electron chi connectivity index (χ2n) is 3.54. The third-order valence-corrected chi connectivity index (χ3v) is 2.71. The van der Waals surface area contributed by atoms with Crippen molar-refractivity contribution in [1.82, 2.24) is 9.55 Å². The van der Waals surface area contributed by atoms with Crippen LogP contribution in [0.15, 0.2) is 18.2 Å². The van der Waals surface area contributed by atoms with Crippen LogP contribution in [0.5, 0.6) is 5.75 Å². The number of nitrogens with two attached hydrogens (primary N) is 1. The van der Waals surface area contributed by atoms with Crippen molar-refractivity contribution >= 4 is 28.5 Å². The number of alkyl halides is 1. The van der Waals surface area contributed by atoms with Crippen molar-refractivity contribution in [2.45, 2.75) is 12.4 Å². The minimum absolute atomic E-state index is 0.0612. The number of para-hydroxylation sites is 1. The highest BCUT2D eigenvalue weighted by Gasteiger charge is 2.14. The Balaban J connectivity index is 2.67. The first kappa shape index (κ1) is 11.7. The van der Waals surface area contributed by atoms with Crippen molar-refractivity contribution < 1.29 is 9.53 Å². The van der Waals surface area contributed by atoms with Crippen molar-refractivity contribution in [3.05, 3.63) is 24.0 Å². The van der Waals surface area contributed by atoms with E-state index < -0.39 is 5.91 Å². The number of carbonyl (C=O) groups is 1. The van der Waals surface area contributed by atoms with Crippen LogP contribution in [-0.2, 0) is 17.2 Å². The quantitative estimate of drug-likeness (QED) is 0.834. The summed E-state index contributed by atoms with van der Waals surface area (Å²) in [6.07, 6.45) is 0. The molecule has 0 unspecified atom stereocenters. The Kier molecular flexibility index (Phi) is 3.19. The number of imidazole rings is 1. The Morgan fingerprint density at radius 2 is 2.35 bits per heavy atom. The van der Waals surface area contributed by atoms with Crippen LogP contribution < -0.4 is 10.5 Å². The summed E-state index contributed by atoms with van der Waals surface area (Å²) in [5.41, 5.74) is 6.68. The molecule has 90 valence electrons. The Labute approximate surface area is 103 Å². The van der Waals surface area contributed by atoms with Crippen LogP contribution in [0.2, 0.25) is 0 Å². The van der Waals surface area contributed by atoms with E-state index in [4.69, 9.17) is 22.1 Å². The number of amides is 1. The number of carbonyl (C=O) groups excluding carboxylic acids is 1. The summed E-state index contributed by atoms with van der Waals surface area (Å²) in [5.74, 6) is 1.03. The largest absolute Gasteiger partial charge is 0.494 e. The summed E-state index contributed by atoms with van der Waals surface area (Å²) in [4.78, 5) is 15.4. The molecule has 1 heterocycles. The number of hydrogen-bond donors (Lipinski definition) is 1. The lowest BCUT2D eigenvalue weighted by Gasteiger charge is -2.04. The summed E-state index contributed by atoms with van der Waals surface area (Å²) in [6.45, 7) is 0.0612. The Morgan fingerprint density at radius 3 is 2.94 bits per heavy atom. The first-order chi connectivity index (χ1) is 8.17. The number of methoxy groups -OCH3 is 1. The molecule has 0 radical (unpaired) electrons. The van der Waals surface area contributed by atoms with Crippen molar-refractivity contribution in [2.75, 3.05) is 7.11 Å². The number of halogens is 1. The minimum Gasteiger partial charge on any atom is -0.494 e. The molecule has 1 amide bonds. The van der Waals surface area contributed by atoms with Gasteiger partial charge in [0.05, 0.1) is 18.5 Å². The van der Waals surface area contributed by atoms with Gasteiger partial charge in [-0.2, -0.15) is 0 Å². The number of ether oxygens (including phenoxy) is 1. The van der Waals surface area contributed by atoms with E-state index in [-0.39, 0.29) is 12.4 Å². The zero-order valence-corrected chi connectivity index (χ0v) is 10.1. The number of hydrogen-bond acceptors (Lipinski definition) is 3. The second-order valence-corrected chi connectivity index (χ2v) is 3.81. The fourth-order valence-electron chi connectivity index (χ4n) is 1.77. The summed E-state index contributed by atoms with van der Waals surface area (Å²) < 4.78 is 6.91. The molecular weight excluding hydrogens is 242 g/mol. The van der Waals surface area contributed by atoms with Gasteiger partial charge in [-0.3, -0.25) is 4.79 Å². The molecule has 0 aliphatic carbocycles. The molecule has 1 aromatic heterocycles. The van der Waals surface area contributed by atoms with Gasteiger partial charge in [0.15, 0.2) is 0 Å². The molecule has 0 saturated heterocycles. The normalized spacial score (nSPS) is 10.7. The van der Waals surface area contributed by atoms with E-state index in [1.54, 1.807) is 11.7 Å². The van der Waals surface area contributed by atoms with Crippen LogP contribution in [0.3, 0.4) is 0 Å². The Morgan fingerprint density at radius 1 is 1.59 bits per heavy atom. The highest BCUT2D eigenvalue weighted by Crippen LogP contribution is 2.26. The molecule has 0 aliphatic rings. The molecule has 6 heteroatoms. The summed E-state index contributed by atoms with van der Waals surface area (Å²) in [7, 11) is 1.57. The third kappa shape index (κ3) is 2.06. The lowest BCUT2D eigenvalue weighted by Crippen LogP contribution is -2.19. The second kappa shape index (κ2) is 4.63. The van der Waals surface area contributed by atoms with E-state index in [0.29, 0.717) is 17.1 Å². The van der Waals surface area contributed by atoms with E-state index in [1.165, 1.54) is 0 Å². The Bertz CT molecular complexity index is 565. The van der Waals surface area contributed by atoms with Crippen molar-refractivity contribution in [3.63, 3.8) is 0 Å². The Hall–Kier alpha value is -1.75. The summed E-state index contributed by atoms with van der Waals surface area (Å²) in [5, 5.41) is 0. The molecule has 0 aliphatic heterocycles. The van der Waals surface area contributed by atoms with Gasteiger partial charge in [-0.15, -0.1) is 11.6 Å². The molecule has 1 aromatic carbocycles. The van der Waals surface area contributed by atoms with Crippen LogP contribution in [-0.4, -0.2) is 22.6 Å². The predicted octanol–water partition coefficient (Wildman–Crippen LogP) is 1.27. The van der Waals surface area contributed by atoms with Gasteiger partial charge in [-0.05, 0) is 12.1 Å². The van der Waals surface area contributed by atoms with Gasteiger partial charge in [-0.25, -0.2) is 4.98 Å². The van der Waals surface area contributed by atoms with Gasteiger partial charge in [-0.1, -0.05) is 6.07 Å². The number of primary amides is 1. The summed E-state index contributed by atoms with van der Waals surface area (Å²) >= 11 is 5.81. The zero-order chi connectivity index (χ0) is 12.4. The van der Waals surface area contributed by atoms with Gasteiger partial charge >= 0.3 is 0 Å². The highest BCUT2D eigenvalue weighted by molar-refractivity contribution is 6.17. The van der Waals surface area contributed by atoms with Gasteiger partial charge in [0, 0.05) is 0 Å². The van der Waals surface area contributed by atoms with Crippen LogP contribution in [0.25, 0.3) is 11.0 Å². The molecular formula is C11H12ClN3O2. The van der Waals surface area contributed by atoms with Crippen LogP contribution in [0.1, 0.15) is 5.82 Å². The topological polar surface area (TPSA) is 70.1 Å². The average molecular weight is 254 g/mol. The van der Waals surface area contributed by atoms with Crippen LogP contribution >= 0.6 is 11.6 Å². The summed E-state index contributed by atoms with van der Waals surface area (Å²) in [6, 6.07) is 5.49. The molecule has 0 spiro atoms. The predicted molar refractivity (Wildman–Crippen MR) is 65.0 cm³/mol. The van der Waals surface area contributed by atoms with Crippen LogP contribution in [0, 0.1) is 0 Å². The highest BCUT2D eigenvalue weighted by atomic mass is 35.5. The average Bonchev–Trinajstić information content (AvgIpc) is 2.66.